The number of rotatable bonds is 8. The molecule has 0 amide bonds. The van der Waals surface area contributed by atoms with Gasteiger partial charge in [-0.1, -0.05) is 169 Å². The lowest BCUT2D eigenvalue weighted by Crippen LogP contribution is -2.61. The molecule has 370 valence electrons. The van der Waals surface area contributed by atoms with Crippen molar-refractivity contribution in [3.05, 3.63) is 272 Å². The van der Waals surface area contributed by atoms with Gasteiger partial charge in [-0.25, -0.2) is 0 Å². The first-order valence-electron chi connectivity index (χ1n) is 26.0. The van der Waals surface area contributed by atoms with E-state index in [1.54, 1.807) is 0 Å². The minimum atomic E-state index is 0.161. The van der Waals surface area contributed by atoms with E-state index in [2.05, 4.69) is 268 Å². The summed E-state index contributed by atoms with van der Waals surface area (Å²) in [6, 6.07) is 94.9. The molecule has 16 rings (SSSR count). The summed E-state index contributed by atoms with van der Waals surface area (Å²) < 4.78 is 5.40. The second-order valence-corrected chi connectivity index (χ2v) is 24.3. The summed E-state index contributed by atoms with van der Waals surface area (Å²) in [4.78, 5) is 9.46. The Balaban J connectivity index is 0.000000136. The third kappa shape index (κ3) is 7.76. The zero-order valence-electron chi connectivity index (χ0n) is 41.8. The van der Waals surface area contributed by atoms with Crippen molar-refractivity contribution in [2.24, 2.45) is 0 Å². The van der Waals surface area contributed by atoms with Gasteiger partial charge in [0.1, 0.15) is 5.00 Å². The summed E-state index contributed by atoms with van der Waals surface area (Å²) in [5.41, 5.74) is 15.4. The van der Waals surface area contributed by atoms with Crippen LogP contribution in [0.25, 0.3) is 39.0 Å². The normalized spacial score (nSPS) is 12.3. The molecule has 0 atom stereocenters. The van der Waals surface area contributed by atoms with E-state index in [0.717, 1.165) is 33.4 Å². The van der Waals surface area contributed by atoms with Crippen molar-refractivity contribution in [3.8, 4) is 0 Å². The average molecular weight is 1090 g/mol. The Morgan fingerprint density at radius 3 is 1.49 bits per heavy atom. The maximum Gasteiger partial charge on any atom is 0.254 e. The molecule has 2 aliphatic rings. The molecule has 4 aromatic heterocycles. The monoisotopic (exact) mass is 1090 g/mol. The Morgan fingerprint density at radius 1 is 0.359 bits per heavy atom. The minimum absolute atomic E-state index is 0.161. The first-order chi connectivity index (χ1) is 38.7. The average Bonchev–Trinajstić information content (AvgIpc) is 3.10. The van der Waals surface area contributed by atoms with Crippen LogP contribution in [-0.2, 0) is 0 Å². The van der Waals surface area contributed by atoms with Gasteiger partial charge >= 0.3 is 0 Å². The quantitative estimate of drug-likeness (QED) is 0.141. The molecule has 10 aromatic carbocycles. The van der Waals surface area contributed by atoms with Gasteiger partial charge in [0.25, 0.3) is 6.71 Å². The topological polar surface area (TPSA) is 13.0 Å². The Kier molecular flexibility index (Phi) is 11.7. The van der Waals surface area contributed by atoms with Crippen molar-refractivity contribution in [3.63, 3.8) is 0 Å². The third-order valence-electron chi connectivity index (χ3n) is 14.9. The Labute approximate surface area is 473 Å². The highest BCUT2D eigenvalue weighted by atomic mass is 35.5. The van der Waals surface area contributed by atoms with E-state index in [4.69, 9.17) is 11.6 Å². The molecule has 14 aromatic rings. The molecule has 0 saturated heterocycles. The van der Waals surface area contributed by atoms with Crippen LogP contribution < -0.4 is 36.0 Å². The summed E-state index contributed by atoms with van der Waals surface area (Å²) in [6.07, 6.45) is 0. The molecule has 6 heterocycles. The van der Waals surface area contributed by atoms with Crippen LogP contribution in [0.4, 0.5) is 66.9 Å². The number of anilines is 12. The van der Waals surface area contributed by atoms with Crippen molar-refractivity contribution >= 4 is 186 Å². The van der Waals surface area contributed by atoms with Gasteiger partial charge < -0.3 is 19.6 Å². The van der Waals surface area contributed by atoms with E-state index in [1.807, 2.05) is 63.5 Å². The molecule has 0 bridgehead atoms. The van der Waals surface area contributed by atoms with Gasteiger partial charge in [0, 0.05) is 76.4 Å². The molecule has 2 aliphatic heterocycles. The molecule has 0 saturated carbocycles. The van der Waals surface area contributed by atoms with Crippen molar-refractivity contribution < 1.29 is 0 Å². The van der Waals surface area contributed by atoms with E-state index >= 15 is 0 Å². The number of hydrogen-bond donors (Lipinski definition) is 0. The number of fused-ring (bicyclic) bond motifs is 11. The number of hydrogen-bond acceptors (Lipinski definition) is 8. The van der Waals surface area contributed by atoms with Crippen molar-refractivity contribution in [2.75, 3.05) is 19.6 Å². The van der Waals surface area contributed by atoms with Crippen LogP contribution >= 0.6 is 56.9 Å². The minimum Gasteiger partial charge on any atom is -0.311 e. The Morgan fingerprint density at radius 2 is 0.833 bits per heavy atom. The maximum absolute atomic E-state index is 7.39. The van der Waals surface area contributed by atoms with Crippen LogP contribution in [0, 0.1) is 0 Å². The summed E-state index contributed by atoms with van der Waals surface area (Å²) in [6.45, 7) is 0.161. The smallest absolute Gasteiger partial charge is 0.254 e. The predicted molar refractivity (Wildman–Crippen MR) is 343 cm³/mol. The number of halogens is 1. The Bertz CT molecular complexity index is 4450. The standard InChI is InChI=1S/C34H21BN2S2.C34H23ClN2S2/c1-3-12-22(13-4-1)36-26-18-9-8-17-25(26)35-31-27(36)19-11-20-28(31)37(23-14-5-2-6-15-23)33-32(35)30-24-16-7-10-21-29(24)38-34(30)39-33;35-33-29(36(24-13-4-1-5-14-24)25-15-6-2-7-16-25)20-12-21-30(33)37(26-17-8-3-9-18-26)32-23-28-27-19-10-11-22-31(27)38-34(28)39-32/h1-21H;1-23H. The molecule has 4 nitrogen and oxygen atoms in total. The van der Waals surface area contributed by atoms with Crippen LogP contribution in [0.1, 0.15) is 0 Å². The fraction of sp³-hybridized carbons (Fsp3) is 0. The number of para-hydroxylation sites is 6. The highest BCUT2D eigenvalue weighted by molar-refractivity contribution is 7.45. The summed E-state index contributed by atoms with van der Waals surface area (Å²) in [5.74, 6) is 0. The van der Waals surface area contributed by atoms with Gasteiger partial charge in [-0.2, -0.15) is 0 Å². The van der Waals surface area contributed by atoms with Crippen molar-refractivity contribution in [2.45, 2.75) is 0 Å². The lowest BCUT2D eigenvalue weighted by molar-refractivity contribution is 1.26. The summed E-state index contributed by atoms with van der Waals surface area (Å²) in [7, 11) is 0. The van der Waals surface area contributed by atoms with Crippen LogP contribution in [0.3, 0.4) is 0 Å². The fourth-order valence-corrected chi connectivity index (χ4v) is 17.2. The number of nitrogens with zero attached hydrogens (tertiary/aromatic N) is 4. The summed E-state index contributed by atoms with van der Waals surface area (Å²) >= 11 is 14.9. The second-order valence-electron chi connectivity index (χ2n) is 19.3. The van der Waals surface area contributed by atoms with Crippen LogP contribution in [-0.4, -0.2) is 6.71 Å². The molecule has 0 spiro atoms. The van der Waals surface area contributed by atoms with Crippen molar-refractivity contribution in [1.82, 2.24) is 0 Å². The fourth-order valence-electron chi connectivity index (χ4n) is 11.6. The van der Waals surface area contributed by atoms with Gasteiger partial charge in [0.15, 0.2) is 0 Å². The van der Waals surface area contributed by atoms with Crippen LogP contribution in [0.15, 0.2) is 267 Å². The highest BCUT2D eigenvalue weighted by Gasteiger charge is 2.45. The predicted octanol–water partition coefficient (Wildman–Crippen LogP) is 19.9. The SMILES string of the molecule is Clc1c(N(c2ccccc2)c2ccccc2)cccc1N(c1ccccc1)c1cc2c(s1)sc1ccccc12.c1ccc(N2c3ccccc3B3c4c2cccc4N(c2ccccc2)c2sc4sc5ccccc5c4c23)cc1. The Hall–Kier alpha value is -8.41. The van der Waals surface area contributed by atoms with E-state index in [9.17, 15) is 0 Å². The van der Waals surface area contributed by atoms with E-state index in [0.29, 0.717) is 5.02 Å². The van der Waals surface area contributed by atoms with Crippen molar-refractivity contribution in [1.29, 1.82) is 0 Å². The molecular weight excluding hydrogens is 1050 g/mol. The zero-order chi connectivity index (χ0) is 51.7. The molecule has 0 radical (unpaired) electrons. The van der Waals surface area contributed by atoms with Crippen LogP contribution in [0.2, 0.25) is 5.02 Å². The van der Waals surface area contributed by atoms with Crippen LogP contribution in [0.5, 0.6) is 0 Å². The van der Waals surface area contributed by atoms with Gasteiger partial charge in [0.2, 0.25) is 0 Å². The number of thiophene rings is 4. The highest BCUT2D eigenvalue weighted by Crippen LogP contribution is 2.53. The molecule has 0 unspecified atom stereocenters. The first-order valence-corrected chi connectivity index (χ1v) is 29.6. The van der Waals surface area contributed by atoms with Gasteiger partial charge in [-0.05, 0) is 126 Å². The lowest BCUT2D eigenvalue weighted by atomic mass is 9.33. The van der Waals surface area contributed by atoms with Gasteiger partial charge in [-0.3, -0.25) is 0 Å². The molecule has 0 fully saturated rings. The molecular formula is C68H44BClN4S4. The van der Waals surface area contributed by atoms with E-state index in [1.165, 1.54) is 88.8 Å². The second kappa shape index (κ2) is 19.6. The molecule has 78 heavy (non-hydrogen) atoms. The maximum atomic E-state index is 7.39. The van der Waals surface area contributed by atoms with Gasteiger partial charge in [0.05, 0.1) is 29.4 Å². The summed E-state index contributed by atoms with van der Waals surface area (Å²) in [5, 5.41) is 8.54. The first kappa shape index (κ1) is 46.9. The molecule has 0 N–H and O–H groups in total. The molecule has 10 heteroatoms. The third-order valence-corrected chi connectivity index (χ3v) is 20.1. The largest absolute Gasteiger partial charge is 0.311 e. The number of benzene rings is 10. The zero-order valence-corrected chi connectivity index (χ0v) is 45.8. The lowest BCUT2D eigenvalue weighted by Gasteiger charge is -2.43. The van der Waals surface area contributed by atoms with E-state index < -0.39 is 0 Å². The molecule has 0 aliphatic carbocycles. The van der Waals surface area contributed by atoms with E-state index in [-0.39, 0.29) is 6.71 Å². The van der Waals surface area contributed by atoms with Gasteiger partial charge in [-0.15, -0.1) is 45.3 Å².